The molecular formula is C30H23F6PS3. The number of halogens is 6. The first-order valence-electron chi connectivity index (χ1n) is 11.8. The molecule has 0 amide bonds. The van der Waals surface area contributed by atoms with Gasteiger partial charge in [0, 0.05) is 19.6 Å². The predicted octanol–water partition coefficient (Wildman–Crippen LogP) is 12.5. The summed E-state index contributed by atoms with van der Waals surface area (Å²) in [7, 11) is -10.8. The van der Waals surface area contributed by atoms with Crippen molar-refractivity contribution in [2.45, 2.75) is 34.3 Å². The molecule has 0 radical (unpaired) electrons. The molecule has 208 valence electrons. The third kappa shape index (κ3) is 11.0. The Kier molecular flexibility index (Phi) is 9.00. The number of benzene rings is 5. The van der Waals surface area contributed by atoms with E-state index in [0.717, 1.165) is 0 Å². The Morgan fingerprint density at radius 1 is 0.350 bits per heavy atom. The standard InChI is InChI=1S/C30H23S3.F6P/c1-4-10-24(11-5-1)31-26-16-20-29(21-17-26)33(28-14-8-3-9-15-28)30-22-18-27(19-23-30)32-25-12-6-2-7-13-25;1-7(2,3,4,5)6/h1-23H;/q+1;-1. The minimum Gasteiger partial charge on any atom is -0.0901 e. The van der Waals surface area contributed by atoms with Gasteiger partial charge in [0.25, 0.3) is 0 Å². The summed E-state index contributed by atoms with van der Waals surface area (Å²) in [6.07, 6.45) is 0. The van der Waals surface area contributed by atoms with Crippen molar-refractivity contribution in [3.8, 4) is 0 Å². The summed E-state index contributed by atoms with van der Waals surface area (Å²) in [5, 5.41) is 0. The van der Waals surface area contributed by atoms with Crippen molar-refractivity contribution in [2.24, 2.45) is 0 Å². The van der Waals surface area contributed by atoms with E-state index in [2.05, 4.69) is 140 Å². The second kappa shape index (κ2) is 12.0. The summed E-state index contributed by atoms with van der Waals surface area (Å²) in [5.74, 6) is 0. The summed E-state index contributed by atoms with van der Waals surface area (Å²) in [4.78, 5) is 9.05. The molecular weight excluding hydrogens is 601 g/mol. The SMILES string of the molecule is F[P-](F)(F)(F)(F)F.c1ccc(Sc2ccc([S+](c3ccccc3)c3ccc(Sc4ccccc4)cc3)cc2)cc1. The Bertz CT molecular complexity index is 1400. The first-order chi connectivity index (χ1) is 18.8. The van der Waals surface area contributed by atoms with Crippen LogP contribution in [0.4, 0.5) is 25.2 Å². The first-order valence-corrected chi connectivity index (χ1v) is 16.7. The van der Waals surface area contributed by atoms with Gasteiger partial charge in [-0.3, -0.25) is 0 Å². The van der Waals surface area contributed by atoms with E-state index in [1.807, 2.05) is 0 Å². The molecule has 0 unspecified atom stereocenters. The largest absolute Gasteiger partial charge is 0.166 e. The van der Waals surface area contributed by atoms with Gasteiger partial charge in [-0.05, 0) is 84.9 Å². The molecule has 0 aliphatic rings. The van der Waals surface area contributed by atoms with Gasteiger partial charge in [-0.1, -0.05) is 78.1 Å². The van der Waals surface area contributed by atoms with Crippen LogP contribution in [0, 0.1) is 0 Å². The Hall–Kier alpha value is -2.84. The van der Waals surface area contributed by atoms with E-state index < -0.39 is 7.81 Å². The van der Waals surface area contributed by atoms with Gasteiger partial charge in [0.15, 0.2) is 14.7 Å². The number of hydrogen-bond donors (Lipinski definition) is 0. The summed E-state index contributed by atoms with van der Waals surface area (Å²) >= 11 is 3.61. The molecule has 0 fully saturated rings. The fourth-order valence-corrected chi connectivity index (χ4v) is 7.24. The topological polar surface area (TPSA) is 0 Å². The van der Waals surface area contributed by atoms with E-state index in [9.17, 15) is 25.2 Å². The van der Waals surface area contributed by atoms with Crippen molar-refractivity contribution in [1.82, 2.24) is 0 Å². The van der Waals surface area contributed by atoms with E-state index >= 15 is 0 Å². The molecule has 0 saturated carbocycles. The first kappa shape index (κ1) is 30.1. The van der Waals surface area contributed by atoms with Crippen LogP contribution in [0.5, 0.6) is 0 Å². The smallest absolute Gasteiger partial charge is 0.0901 e. The van der Waals surface area contributed by atoms with Gasteiger partial charge in [0.05, 0.1) is 10.9 Å². The molecule has 0 saturated heterocycles. The monoisotopic (exact) mass is 624 g/mol. The molecule has 0 aliphatic heterocycles. The van der Waals surface area contributed by atoms with Crippen molar-refractivity contribution >= 4 is 42.2 Å². The Balaban J connectivity index is 0.000000470. The summed E-state index contributed by atoms with van der Waals surface area (Å²) in [5.41, 5.74) is 0. The zero-order chi connectivity index (χ0) is 28.7. The van der Waals surface area contributed by atoms with E-state index in [0.29, 0.717) is 0 Å². The molecule has 0 heterocycles. The second-order valence-electron chi connectivity index (χ2n) is 8.35. The van der Waals surface area contributed by atoms with E-state index in [1.165, 1.54) is 34.3 Å². The Morgan fingerprint density at radius 3 is 0.925 bits per heavy atom. The summed E-state index contributed by atoms with van der Waals surface area (Å²) in [6.45, 7) is 0. The van der Waals surface area contributed by atoms with Crippen LogP contribution in [0.2, 0.25) is 0 Å². The Labute approximate surface area is 240 Å². The van der Waals surface area contributed by atoms with Crippen LogP contribution in [-0.2, 0) is 10.9 Å². The summed E-state index contributed by atoms with van der Waals surface area (Å²) in [6, 6.07) is 50.0. The molecule has 5 rings (SSSR count). The van der Waals surface area contributed by atoms with Crippen LogP contribution in [-0.4, -0.2) is 0 Å². The molecule has 0 aromatic heterocycles. The second-order valence-corrected chi connectivity index (χ2v) is 14.6. The third-order valence-corrected chi connectivity index (χ3v) is 9.32. The van der Waals surface area contributed by atoms with Crippen LogP contribution in [0.1, 0.15) is 0 Å². The average molecular weight is 625 g/mol. The molecule has 0 bridgehead atoms. The molecule has 0 aliphatic carbocycles. The van der Waals surface area contributed by atoms with Crippen molar-refractivity contribution in [2.75, 3.05) is 0 Å². The Morgan fingerprint density at radius 2 is 0.600 bits per heavy atom. The maximum absolute atomic E-state index is 10.7. The minimum absolute atomic E-state index is 0.143. The fourth-order valence-electron chi connectivity index (χ4n) is 3.50. The quantitative estimate of drug-likeness (QED) is 0.100. The molecule has 40 heavy (non-hydrogen) atoms. The summed E-state index contributed by atoms with van der Waals surface area (Å²) < 4.78 is 59.2. The van der Waals surface area contributed by atoms with Crippen molar-refractivity contribution in [3.63, 3.8) is 0 Å². The zero-order valence-corrected chi connectivity index (χ0v) is 24.1. The number of rotatable bonds is 7. The predicted molar refractivity (Wildman–Crippen MR) is 156 cm³/mol. The van der Waals surface area contributed by atoms with Crippen molar-refractivity contribution in [1.29, 1.82) is 0 Å². The molecule has 0 atom stereocenters. The van der Waals surface area contributed by atoms with E-state index in [4.69, 9.17) is 0 Å². The van der Waals surface area contributed by atoms with Crippen molar-refractivity contribution < 1.29 is 25.2 Å². The molecule has 10 heteroatoms. The van der Waals surface area contributed by atoms with Gasteiger partial charge in [-0.25, -0.2) is 0 Å². The minimum atomic E-state index is -10.7. The molecule has 0 N–H and O–H groups in total. The van der Waals surface area contributed by atoms with Crippen molar-refractivity contribution in [3.05, 3.63) is 140 Å². The molecule has 5 aromatic carbocycles. The molecule has 5 aromatic rings. The maximum atomic E-state index is 9.87. The van der Waals surface area contributed by atoms with Gasteiger partial charge in [-0.15, -0.1) is 0 Å². The molecule has 0 spiro atoms. The fraction of sp³-hybridized carbons (Fsp3) is 0. The zero-order valence-electron chi connectivity index (χ0n) is 20.7. The van der Waals surface area contributed by atoms with Crippen LogP contribution in [0.25, 0.3) is 0 Å². The molecule has 0 nitrogen and oxygen atoms in total. The van der Waals surface area contributed by atoms with Gasteiger partial charge < -0.3 is 0 Å². The third-order valence-electron chi connectivity index (χ3n) is 5.06. The van der Waals surface area contributed by atoms with E-state index in [-0.39, 0.29) is 10.9 Å². The van der Waals surface area contributed by atoms with Gasteiger partial charge in [-0.2, -0.15) is 0 Å². The number of hydrogen-bond acceptors (Lipinski definition) is 2. The van der Waals surface area contributed by atoms with Gasteiger partial charge in [0.1, 0.15) is 0 Å². The van der Waals surface area contributed by atoms with Crippen LogP contribution in [0.3, 0.4) is 0 Å². The van der Waals surface area contributed by atoms with E-state index in [1.54, 1.807) is 23.5 Å². The van der Waals surface area contributed by atoms with Crippen LogP contribution >= 0.6 is 31.3 Å². The normalized spacial score (nSPS) is 13.1. The maximum Gasteiger partial charge on any atom is 0.166 e. The van der Waals surface area contributed by atoms with Gasteiger partial charge in [0.2, 0.25) is 0 Å². The van der Waals surface area contributed by atoms with Gasteiger partial charge >= 0.3 is 33.0 Å². The van der Waals surface area contributed by atoms with Crippen LogP contribution in [0.15, 0.2) is 174 Å². The average Bonchev–Trinajstić information content (AvgIpc) is 2.91. The van der Waals surface area contributed by atoms with Crippen LogP contribution < -0.4 is 0 Å².